The second-order valence-corrected chi connectivity index (χ2v) is 5.61. The lowest BCUT2D eigenvalue weighted by atomic mass is 9.92. The van der Waals surface area contributed by atoms with E-state index in [4.69, 9.17) is 16.3 Å². The van der Waals surface area contributed by atoms with Crippen molar-refractivity contribution in [2.24, 2.45) is 0 Å². The molecule has 1 unspecified atom stereocenters. The molecular weight excluding hydrogens is 248 g/mol. The van der Waals surface area contributed by atoms with Gasteiger partial charge in [-0.25, -0.2) is 0 Å². The van der Waals surface area contributed by atoms with Crippen LogP contribution < -0.4 is 4.74 Å². The molecule has 0 N–H and O–H groups in total. The van der Waals surface area contributed by atoms with Crippen molar-refractivity contribution in [3.63, 3.8) is 0 Å². The smallest absolute Gasteiger partial charge is 0.180 e. The van der Waals surface area contributed by atoms with Crippen molar-refractivity contribution in [1.82, 2.24) is 0 Å². The molecule has 0 radical (unpaired) electrons. The Bertz CT molecular complexity index is 478. The van der Waals surface area contributed by atoms with Gasteiger partial charge in [0.25, 0.3) is 0 Å². The summed E-state index contributed by atoms with van der Waals surface area (Å²) in [6.07, 6.45) is 3.17. The fourth-order valence-corrected chi connectivity index (χ4v) is 2.63. The number of hydrogen-bond donors (Lipinski definition) is 0. The van der Waals surface area contributed by atoms with E-state index in [0.29, 0.717) is 0 Å². The van der Waals surface area contributed by atoms with Crippen LogP contribution in [0.4, 0.5) is 0 Å². The highest BCUT2D eigenvalue weighted by Gasteiger charge is 2.22. The molecule has 18 heavy (non-hydrogen) atoms. The van der Waals surface area contributed by atoms with Crippen molar-refractivity contribution >= 4 is 17.4 Å². The number of alkyl halides is 1. The van der Waals surface area contributed by atoms with Crippen molar-refractivity contribution < 1.29 is 9.53 Å². The Hall–Kier alpha value is -1.02. The number of Topliss-reactive ketones (excluding diaryl/α,β-unsaturated/α-hetero) is 1. The van der Waals surface area contributed by atoms with E-state index in [9.17, 15) is 4.79 Å². The zero-order chi connectivity index (χ0) is 13.3. The summed E-state index contributed by atoms with van der Waals surface area (Å²) in [6.45, 7) is 6.49. The van der Waals surface area contributed by atoms with E-state index in [-0.39, 0.29) is 5.78 Å². The van der Waals surface area contributed by atoms with E-state index in [1.165, 1.54) is 5.56 Å². The molecule has 1 aliphatic rings. The van der Waals surface area contributed by atoms with Gasteiger partial charge in [0.15, 0.2) is 5.78 Å². The van der Waals surface area contributed by atoms with Crippen LogP contribution in [0.5, 0.6) is 5.75 Å². The topological polar surface area (TPSA) is 26.3 Å². The normalized spacial score (nSPS) is 16.4. The molecule has 0 fully saturated rings. The predicted molar refractivity (Wildman–Crippen MR) is 74.0 cm³/mol. The average molecular weight is 267 g/mol. The highest BCUT2D eigenvalue weighted by molar-refractivity contribution is 6.33. The van der Waals surface area contributed by atoms with Gasteiger partial charge in [0, 0.05) is 5.56 Å². The molecule has 3 heteroatoms. The summed E-state index contributed by atoms with van der Waals surface area (Å²) in [5.74, 6) is 0.980. The summed E-state index contributed by atoms with van der Waals surface area (Å²) in [5, 5.41) is -0.479. The van der Waals surface area contributed by atoms with Crippen LogP contribution in [-0.2, 0) is 6.42 Å². The van der Waals surface area contributed by atoms with Gasteiger partial charge in [-0.1, -0.05) is 0 Å². The molecule has 0 aliphatic carbocycles. The molecule has 0 saturated heterocycles. The average Bonchev–Trinajstić information content (AvgIpc) is 2.58. The Morgan fingerprint density at radius 2 is 2.11 bits per heavy atom. The lowest BCUT2D eigenvalue weighted by molar-refractivity contribution is 0.0991. The molecule has 0 spiro atoms. The van der Waals surface area contributed by atoms with Crippen LogP contribution in [-0.4, -0.2) is 17.8 Å². The molecule has 0 amide bonds. The lowest BCUT2D eigenvalue weighted by Crippen LogP contribution is -2.14. The van der Waals surface area contributed by atoms with Crippen molar-refractivity contribution in [3.8, 4) is 5.75 Å². The number of carbonyl (C=O) groups is 1. The van der Waals surface area contributed by atoms with Gasteiger partial charge >= 0.3 is 0 Å². The Morgan fingerprint density at radius 1 is 1.39 bits per heavy atom. The standard InChI is InChI=1S/C15H19ClO2/c1-9-8-13(14(17)11(3)16)10(2)12-6-4-5-7-18-15(9)12/h8,11H,4-7H2,1-3H3. The van der Waals surface area contributed by atoms with Crippen LogP contribution in [0, 0.1) is 13.8 Å². The Morgan fingerprint density at radius 3 is 2.78 bits per heavy atom. The molecule has 1 aliphatic heterocycles. The maximum atomic E-state index is 12.1. The zero-order valence-corrected chi connectivity index (χ0v) is 11.9. The number of rotatable bonds is 2. The van der Waals surface area contributed by atoms with Gasteiger partial charge in [-0.15, -0.1) is 11.6 Å². The third-order valence-electron chi connectivity index (χ3n) is 3.54. The first-order chi connectivity index (χ1) is 8.52. The van der Waals surface area contributed by atoms with Gasteiger partial charge < -0.3 is 4.74 Å². The molecule has 0 saturated carbocycles. The summed E-state index contributed by atoms with van der Waals surface area (Å²) < 4.78 is 5.81. The SMILES string of the molecule is Cc1cc(C(=O)C(C)Cl)c(C)c2c1OCCCC2. The number of halogens is 1. The molecule has 1 aromatic carbocycles. The molecule has 1 atom stereocenters. The molecule has 2 rings (SSSR count). The number of hydrogen-bond acceptors (Lipinski definition) is 2. The summed E-state index contributed by atoms with van der Waals surface area (Å²) in [4.78, 5) is 12.1. The van der Waals surface area contributed by atoms with E-state index in [1.807, 2.05) is 19.9 Å². The molecule has 98 valence electrons. The first kappa shape index (κ1) is 13.4. The Balaban J connectivity index is 2.55. The monoisotopic (exact) mass is 266 g/mol. The minimum Gasteiger partial charge on any atom is -0.493 e. The van der Waals surface area contributed by atoms with Crippen LogP contribution in [0.2, 0.25) is 0 Å². The van der Waals surface area contributed by atoms with Crippen LogP contribution in [0.15, 0.2) is 6.07 Å². The molecule has 1 heterocycles. The molecular formula is C15H19ClO2. The van der Waals surface area contributed by atoms with Crippen LogP contribution in [0.1, 0.15) is 46.8 Å². The van der Waals surface area contributed by atoms with Crippen LogP contribution in [0.25, 0.3) is 0 Å². The zero-order valence-electron chi connectivity index (χ0n) is 11.2. The van der Waals surface area contributed by atoms with Crippen molar-refractivity contribution in [2.45, 2.75) is 45.4 Å². The Kier molecular flexibility index (Phi) is 3.96. The van der Waals surface area contributed by atoms with Crippen LogP contribution >= 0.6 is 11.6 Å². The largest absolute Gasteiger partial charge is 0.493 e. The van der Waals surface area contributed by atoms with E-state index < -0.39 is 5.38 Å². The third-order valence-corrected chi connectivity index (χ3v) is 3.74. The molecule has 1 aromatic rings. The fourth-order valence-electron chi connectivity index (χ4n) is 2.51. The van der Waals surface area contributed by atoms with Gasteiger partial charge in [-0.2, -0.15) is 0 Å². The van der Waals surface area contributed by atoms with Gasteiger partial charge in [0.1, 0.15) is 5.75 Å². The highest BCUT2D eigenvalue weighted by Crippen LogP contribution is 2.33. The van der Waals surface area contributed by atoms with E-state index in [1.54, 1.807) is 6.92 Å². The Labute approximate surface area is 113 Å². The first-order valence-electron chi connectivity index (χ1n) is 6.46. The second-order valence-electron chi connectivity index (χ2n) is 4.96. The molecule has 0 aromatic heterocycles. The minimum absolute atomic E-state index is 0.00399. The third kappa shape index (κ3) is 2.39. The number of aryl methyl sites for hydroxylation is 1. The number of benzene rings is 1. The van der Waals surface area contributed by atoms with E-state index >= 15 is 0 Å². The number of ether oxygens (including phenoxy) is 1. The summed E-state index contributed by atoms with van der Waals surface area (Å²) in [5.41, 5.74) is 4.01. The maximum Gasteiger partial charge on any atom is 0.180 e. The minimum atomic E-state index is -0.479. The van der Waals surface area contributed by atoms with Gasteiger partial charge in [0.05, 0.1) is 12.0 Å². The van der Waals surface area contributed by atoms with E-state index in [0.717, 1.165) is 48.3 Å². The van der Waals surface area contributed by atoms with Gasteiger partial charge in [0.2, 0.25) is 0 Å². The predicted octanol–water partition coefficient (Wildman–Crippen LogP) is 3.83. The van der Waals surface area contributed by atoms with Gasteiger partial charge in [-0.3, -0.25) is 4.79 Å². The highest BCUT2D eigenvalue weighted by atomic mass is 35.5. The summed E-state index contributed by atoms with van der Waals surface area (Å²) >= 11 is 5.92. The number of carbonyl (C=O) groups excluding carboxylic acids is 1. The quantitative estimate of drug-likeness (QED) is 0.601. The van der Waals surface area contributed by atoms with Crippen LogP contribution in [0.3, 0.4) is 0 Å². The summed E-state index contributed by atoms with van der Waals surface area (Å²) in [7, 11) is 0. The summed E-state index contributed by atoms with van der Waals surface area (Å²) in [6, 6.07) is 1.92. The molecule has 2 nitrogen and oxygen atoms in total. The lowest BCUT2D eigenvalue weighted by Gasteiger charge is -2.17. The van der Waals surface area contributed by atoms with Crippen molar-refractivity contribution in [1.29, 1.82) is 0 Å². The first-order valence-corrected chi connectivity index (χ1v) is 6.90. The number of fused-ring (bicyclic) bond motifs is 1. The van der Waals surface area contributed by atoms with E-state index in [2.05, 4.69) is 0 Å². The fraction of sp³-hybridized carbons (Fsp3) is 0.533. The van der Waals surface area contributed by atoms with Crippen molar-refractivity contribution in [2.75, 3.05) is 6.61 Å². The number of ketones is 1. The van der Waals surface area contributed by atoms with Gasteiger partial charge in [-0.05, 0) is 62.8 Å². The van der Waals surface area contributed by atoms with Crippen molar-refractivity contribution in [3.05, 3.63) is 28.3 Å². The maximum absolute atomic E-state index is 12.1. The molecule has 0 bridgehead atoms. The second kappa shape index (κ2) is 5.31.